The summed E-state index contributed by atoms with van der Waals surface area (Å²) >= 11 is 11.3. The zero-order chi connectivity index (χ0) is 11.3. The summed E-state index contributed by atoms with van der Waals surface area (Å²) in [6.45, 7) is 2.37. The number of methoxy groups -OCH3 is 1. The van der Waals surface area contributed by atoms with Gasteiger partial charge in [-0.2, -0.15) is 0 Å². The third-order valence-corrected chi connectivity index (χ3v) is 3.78. The lowest BCUT2D eigenvalue weighted by Crippen LogP contribution is -2.27. The monoisotopic (exact) mass is 311 g/mol. The van der Waals surface area contributed by atoms with E-state index in [-0.39, 0.29) is 5.38 Å². The van der Waals surface area contributed by atoms with Crippen LogP contribution in [0, 0.1) is 0 Å². The highest BCUT2D eigenvalue weighted by atomic mass is 79.9. The summed E-state index contributed by atoms with van der Waals surface area (Å²) < 4.78 is 6.17. The Morgan fingerprint density at radius 1 is 1.60 bits per heavy atom. The molecule has 0 aromatic carbocycles. The van der Waals surface area contributed by atoms with Gasteiger partial charge in [-0.25, -0.2) is 0 Å². The lowest BCUT2D eigenvalue weighted by Gasteiger charge is -2.18. The molecule has 0 radical (unpaired) electrons. The summed E-state index contributed by atoms with van der Waals surface area (Å²) in [6, 6.07) is 4.20. The molecule has 0 N–H and O–H groups in total. The van der Waals surface area contributed by atoms with E-state index in [1.807, 2.05) is 0 Å². The maximum Gasteiger partial charge on any atom is 0.0701 e. The molecule has 0 bridgehead atoms. The topological polar surface area (TPSA) is 12.5 Å². The van der Waals surface area contributed by atoms with Crippen molar-refractivity contribution >= 4 is 38.9 Å². The Hall–Kier alpha value is 0.390. The van der Waals surface area contributed by atoms with Crippen molar-refractivity contribution in [2.24, 2.45) is 0 Å². The smallest absolute Gasteiger partial charge is 0.0701 e. The first kappa shape index (κ1) is 13.5. The fourth-order valence-corrected chi connectivity index (χ4v) is 3.26. The zero-order valence-electron chi connectivity index (χ0n) is 8.87. The van der Waals surface area contributed by atoms with Crippen LogP contribution >= 0.6 is 38.9 Å². The number of hydrogen-bond acceptors (Lipinski definition) is 3. The summed E-state index contributed by atoms with van der Waals surface area (Å²) in [7, 11) is 3.74. The Balaban J connectivity index is 2.32. The fraction of sp³-hybridized carbons (Fsp3) is 0.600. The van der Waals surface area contributed by atoms with Gasteiger partial charge < -0.3 is 4.74 Å². The van der Waals surface area contributed by atoms with Crippen molar-refractivity contribution in [2.75, 3.05) is 27.3 Å². The molecule has 86 valence electrons. The molecule has 0 aliphatic carbocycles. The molecular weight excluding hydrogens is 298 g/mol. The van der Waals surface area contributed by atoms with E-state index in [1.54, 1.807) is 18.4 Å². The van der Waals surface area contributed by atoms with Crippen LogP contribution in [0.4, 0.5) is 0 Å². The van der Waals surface area contributed by atoms with Gasteiger partial charge in [-0.05, 0) is 35.1 Å². The first-order valence-electron chi connectivity index (χ1n) is 4.67. The Labute approximate surface area is 108 Å². The average Bonchev–Trinajstić information content (AvgIpc) is 2.51. The molecular formula is C10H15BrClNOS. The third-order valence-electron chi connectivity index (χ3n) is 1.91. The molecule has 0 saturated carbocycles. The SMILES string of the molecule is COCC(Cl)CN(C)Cc1ccc(Br)s1. The van der Waals surface area contributed by atoms with Crippen molar-refractivity contribution in [3.63, 3.8) is 0 Å². The Bertz CT molecular complexity index is 295. The molecule has 1 aromatic heterocycles. The van der Waals surface area contributed by atoms with Gasteiger partial charge in [0.1, 0.15) is 0 Å². The zero-order valence-corrected chi connectivity index (χ0v) is 12.0. The van der Waals surface area contributed by atoms with Crippen LogP contribution in [0.2, 0.25) is 0 Å². The number of halogens is 2. The van der Waals surface area contributed by atoms with E-state index in [4.69, 9.17) is 16.3 Å². The van der Waals surface area contributed by atoms with E-state index in [0.29, 0.717) is 6.61 Å². The van der Waals surface area contributed by atoms with Gasteiger partial charge in [0.15, 0.2) is 0 Å². The van der Waals surface area contributed by atoms with Gasteiger partial charge in [0.2, 0.25) is 0 Å². The third kappa shape index (κ3) is 5.31. The van der Waals surface area contributed by atoms with E-state index in [1.165, 1.54) is 8.66 Å². The van der Waals surface area contributed by atoms with Gasteiger partial charge in [-0.15, -0.1) is 22.9 Å². The normalized spacial score (nSPS) is 13.4. The molecule has 1 atom stereocenters. The van der Waals surface area contributed by atoms with Crippen LogP contribution in [-0.2, 0) is 11.3 Å². The van der Waals surface area contributed by atoms with Crippen molar-refractivity contribution in [3.8, 4) is 0 Å². The Morgan fingerprint density at radius 3 is 2.87 bits per heavy atom. The van der Waals surface area contributed by atoms with Gasteiger partial charge in [0.05, 0.1) is 15.8 Å². The van der Waals surface area contributed by atoms with Crippen LogP contribution in [0.25, 0.3) is 0 Å². The minimum atomic E-state index is 0.0587. The molecule has 0 saturated heterocycles. The van der Waals surface area contributed by atoms with E-state index in [0.717, 1.165) is 13.1 Å². The molecule has 1 aromatic rings. The van der Waals surface area contributed by atoms with Crippen LogP contribution in [0.5, 0.6) is 0 Å². The van der Waals surface area contributed by atoms with Crippen molar-refractivity contribution in [1.82, 2.24) is 4.90 Å². The summed E-state index contributed by atoms with van der Waals surface area (Å²) in [5.41, 5.74) is 0. The van der Waals surface area contributed by atoms with Gasteiger partial charge >= 0.3 is 0 Å². The number of alkyl halides is 1. The quantitative estimate of drug-likeness (QED) is 0.748. The Kier molecular flexibility index (Phi) is 6.16. The predicted molar refractivity (Wildman–Crippen MR) is 69.9 cm³/mol. The van der Waals surface area contributed by atoms with Crippen LogP contribution in [0.1, 0.15) is 4.88 Å². The number of nitrogens with zero attached hydrogens (tertiary/aromatic N) is 1. The molecule has 15 heavy (non-hydrogen) atoms. The van der Waals surface area contributed by atoms with Crippen LogP contribution < -0.4 is 0 Å². The maximum atomic E-state index is 6.07. The molecule has 0 aliphatic rings. The van der Waals surface area contributed by atoms with Gasteiger partial charge in [0.25, 0.3) is 0 Å². The summed E-state index contributed by atoms with van der Waals surface area (Å²) in [6.07, 6.45) is 0. The molecule has 5 heteroatoms. The average molecular weight is 313 g/mol. The van der Waals surface area contributed by atoms with Gasteiger partial charge in [-0.1, -0.05) is 0 Å². The van der Waals surface area contributed by atoms with E-state index in [2.05, 4.69) is 40.0 Å². The van der Waals surface area contributed by atoms with E-state index in [9.17, 15) is 0 Å². The minimum absolute atomic E-state index is 0.0587. The first-order valence-corrected chi connectivity index (χ1v) is 6.72. The number of thiophene rings is 1. The lowest BCUT2D eigenvalue weighted by atomic mass is 10.3. The highest BCUT2D eigenvalue weighted by molar-refractivity contribution is 9.11. The van der Waals surface area contributed by atoms with Crippen LogP contribution in [0.15, 0.2) is 15.9 Å². The second kappa shape index (κ2) is 6.86. The van der Waals surface area contributed by atoms with Crippen LogP contribution in [-0.4, -0.2) is 37.6 Å². The standard InChI is InChI=1S/C10H15BrClNOS/c1-13(5-8(12)7-14-2)6-9-3-4-10(11)15-9/h3-4,8H,5-7H2,1-2H3. The number of ether oxygens (including phenoxy) is 1. The fourth-order valence-electron chi connectivity index (χ4n) is 1.34. The molecule has 1 heterocycles. The minimum Gasteiger partial charge on any atom is -0.383 e. The number of hydrogen-bond donors (Lipinski definition) is 0. The predicted octanol–water partition coefficient (Wildman–Crippen LogP) is 3.20. The second-order valence-electron chi connectivity index (χ2n) is 3.46. The molecule has 0 spiro atoms. The van der Waals surface area contributed by atoms with Crippen molar-refractivity contribution < 1.29 is 4.74 Å². The maximum absolute atomic E-state index is 6.07. The molecule has 2 nitrogen and oxygen atoms in total. The molecule has 1 unspecified atom stereocenters. The van der Waals surface area contributed by atoms with Crippen molar-refractivity contribution in [2.45, 2.75) is 11.9 Å². The van der Waals surface area contributed by atoms with E-state index >= 15 is 0 Å². The Morgan fingerprint density at radius 2 is 2.33 bits per heavy atom. The van der Waals surface area contributed by atoms with Crippen molar-refractivity contribution in [3.05, 3.63) is 20.8 Å². The summed E-state index contributed by atoms with van der Waals surface area (Å²) in [4.78, 5) is 3.54. The molecule has 0 fully saturated rings. The lowest BCUT2D eigenvalue weighted by molar-refractivity contribution is 0.181. The largest absolute Gasteiger partial charge is 0.383 e. The summed E-state index contributed by atoms with van der Waals surface area (Å²) in [5.74, 6) is 0. The highest BCUT2D eigenvalue weighted by Crippen LogP contribution is 2.23. The molecule has 0 amide bonds. The molecule has 1 rings (SSSR count). The summed E-state index contributed by atoms with van der Waals surface area (Å²) in [5, 5.41) is 0.0587. The second-order valence-corrected chi connectivity index (χ2v) is 6.62. The van der Waals surface area contributed by atoms with Gasteiger partial charge in [0, 0.05) is 25.1 Å². The molecule has 0 aliphatic heterocycles. The first-order chi connectivity index (χ1) is 7.11. The van der Waals surface area contributed by atoms with Crippen molar-refractivity contribution in [1.29, 1.82) is 0 Å². The number of rotatable bonds is 6. The van der Waals surface area contributed by atoms with Crippen LogP contribution in [0.3, 0.4) is 0 Å². The highest BCUT2D eigenvalue weighted by Gasteiger charge is 2.09. The van der Waals surface area contributed by atoms with Gasteiger partial charge in [-0.3, -0.25) is 4.90 Å². The van der Waals surface area contributed by atoms with E-state index < -0.39 is 0 Å².